The molecule has 4 heteroatoms. The normalized spacial score (nSPS) is 20.6. The molecule has 18 heavy (non-hydrogen) atoms. The lowest BCUT2D eigenvalue weighted by Gasteiger charge is -2.28. The van der Waals surface area contributed by atoms with Crippen LogP contribution in [-0.4, -0.2) is 35.7 Å². The van der Waals surface area contributed by atoms with Crippen molar-refractivity contribution in [2.24, 2.45) is 0 Å². The fourth-order valence-electron chi connectivity index (χ4n) is 2.47. The molecule has 0 aromatic carbocycles. The molecule has 0 radical (unpaired) electrons. The van der Waals surface area contributed by atoms with Crippen LogP contribution >= 0.6 is 11.3 Å². The molecule has 0 amide bonds. The molecule has 1 atom stereocenters. The monoisotopic (exact) mass is 268 g/mol. The summed E-state index contributed by atoms with van der Waals surface area (Å²) in [6.07, 6.45) is 4.21. The Labute approximate surface area is 114 Å². The highest BCUT2D eigenvalue weighted by Gasteiger charge is 2.18. The fourth-order valence-corrected chi connectivity index (χ4v) is 3.45. The zero-order valence-corrected chi connectivity index (χ0v) is 12.6. The number of hydrogen-bond acceptors (Lipinski definition) is 4. The van der Waals surface area contributed by atoms with Gasteiger partial charge in [0, 0.05) is 24.6 Å². The molecule has 1 aromatic heterocycles. The van der Waals surface area contributed by atoms with E-state index in [2.05, 4.69) is 30.7 Å². The lowest BCUT2D eigenvalue weighted by Crippen LogP contribution is -2.35. The second-order valence-corrected chi connectivity index (χ2v) is 6.35. The van der Waals surface area contributed by atoms with Crippen molar-refractivity contribution in [1.29, 1.82) is 0 Å². The van der Waals surface area contributed by atoms with Crippen LogP contribution in [0.2, 0.25) is 0 Å². The highest BCUT2D eigenvalue weighted by molar-refractivity contribution is 7.11. The number of hydrogen-bond donors (Lipinski definition) is 0. The number of thiazole rings is 1. The number of aromatic nitrogens is 1. The van der Waals surface area contributed by atoms with E-state index in [4.69, 9.17) is 4.74 Å². The average molecular weight is 268 g/mol. The standard InChI is InChI=1S/C14H24N2OS/c1-4-16(9-13-7-5-6-8-17-13)10-14-11(2)15-12(3)18-14/h13H,4-10H2,1-3H3. The smallest absolute Gasteiger partial charge is 0.0900 e. The van der Waals surface area contributed by atoms with Crippen molar-refractivity contribution in [3.05, 3.63) is 15.6 Å². The minimum atomic E-state index is 0.438. The molecule has 2 heterocycles. The van der Waals surface area contributed by atoms with Crippen LogP contribution in [0.3, 0.4) is 0 Å². The van der Waals surface area contributed by atoms with Crippen LogP contribution in [0.4, 0.5) is 0 Å². The summed E-state index contributed by atoms with van der Waals surface area (Å²) in [7, 11) is 0. The number of nitrogens with zero attached hydrogens (tertiary/aromatic N) is 2. The average Bonchev–Trinajstić information content (AvgIpc) is 2.68. The number of rotatable bonds is 5. The summed E-state index contributed by atoms with van der Waals surface area (Å²) in [5, 5.41) is 1.17. The third-order valence-corrected chi connectivity index (χ3v) is 4.61. The van der Waals surface area contributed by atoms with Gasteiger partial charge in [-0.15, -0.1) is 11.3 Å². The summed E-state index contributed by atoms with van der Waals surface area (Å²) in [6, 6.07) is 0. The molecular formula is C14H24N2OS. The number of ether oxygens (including phenoxy) is 1. The van der Waals surface area contributed by atoms with E-state index < -0.39 is 0 Å². The molecule has 1 fully saturated rings. The second-order valence-electron chi connectivity index (χ2n) is 5.06. The molecule has 102 valence electrons. The van der Waals surface area contributed by atoms with Crippen molar-refractivity contribution in [2.45, 2.75) is 52.7 Å². The van der Waals surface area contributed by atoms with E-state index in [1.165, 1.54) is 34.8 Å². The highest BCUT2D eigenvalue weighted by atomic mass is 32.1. The highest BCUT2D eigenvalue weighted by Crippen LogP contribution is 2.20. The molecule has 1 aliphatic rings. The molecular weight excluding hydrogens is 244 g/mol. The summed E-state index contributed by atoms with van der Waals surface area (Å²) < 4.78 is 5.83. The first kappa shape index (κ1) is 14.0. The molecule has 0 spiro atoms. The topological polar surface area (TPSA) is 25.4 Å². The van der Waals surface area contributed by atoms with Gasteiger partial charge in [-0.3, -0.25) is 4.90 Å². The van der Waals surface area contributed by atoms with Gasteiger partial charge >= 0.3 is 0 Å². The van der Waals surface area contributed by atoms with Crippen molar-refractivity contribution in [3.63, 3.8) is 0 Å². The molecule has 1 unspecified atom stereocenters. The van der Waals surface area contributed by atoms with E-state index in [1.54, 1.807) is 0 Å². The summed E-state index contributed by atoms with van der Waals surface area (Å²) in [4.78, 5) is 8.40. The van der Waals surface area contributed by atoms with Gasteiger partial charge in [0.2, 0.25) is 0 Å². The van der Waals surface area contributed by atoms with Gasteiger partial charge in [0.25, 0.3) is 0 Å². The SMILES string of the molecule is CCN(Cc1sc(C)nc1C)CC1CCCCO1. The molecule has 0 N–H and O–H groups in total. The summed E-state index contributed by atoms with van der Waals surface area (Å²) in [5.74, 6) is 0. The first-order chi connectivity index (χ1) is 8.69. The molecule has 1 aliphatic heterocycles. The zero-order valence-electron chi connectivity index (χ0n) is 11.7. The third kappa shape index (κ3) is 3.77. The Balaban J connectivity index is 1.90. The first-order valence-corrected chi connectivity index (χ1v) is 7.77. The van der Waals surface area contributed by atoms with E-state index in [-0.39, 0.29) is 0 Å². The van der Waals surface area contributed by atoms with Crippen molar-refractivity contribution in [1.82, 2.24) is 9.88 Å². The predicted octanol–water partition coefficient (Wildman–Crippen LogP) is 3.15. The summed E-state index contributed by atoms with van der Waals surface area (Å²) >= 11 is 1.83. The van der Waals surface area contributed by atoms with Gasteiger partial charge in [-0.1, -0.05) is 6.92 Å². The maximum Gasteiger partial charge on any atom is 0.0900 e. The Kier molecular flexibility index (Phi) is 5.15. The van der Waals surface area contributed by atoms with Crippen LogP contribution < -0.4 is 0 Å². The maximum atomic E-state index is 5.83. The Morgan fingerprint density at radius 3 is 2.78 bits per heavy atom. The van der Waals surface area contributed by atoms with Gasteiger partial charge in [-0.05, 0) is 39.7 Å². The Morgan fingerprint density at radius 2 is 2.22 bits per heavy atom. The first-order valence-electron chi connectivity index (χ1n) is 6.96. The van der Waals surface area contributed by atoms with Crippen LogP contribution in [0.15, 0.2) is 0 Å². The Hall–Kier alpha value is -0.450. The molecule has 2 rings (SSSR count). The molecule has 3 nitrogen and oxygen atoms in total. The summed E-state index contributed by atoms with van der Waals surface area (Å²) in [5.41, 5.74) is 1.19. The van der Waals surface area contributed by atoms with Gasteiger partial charge in [0.15, 0.2) is 0 Å². The third-order valence-electron chi connectivity index (χ3n) is 3.55. The zero-order chi connectivity index (χ0) is 13.0. The second kappa shape index (κ2) is 6.64. The van der Waals surface area contributed by atoms with Crippen molar-refractivity contribution in [3.8, 4) is 0 Å². The van der Waals surface area contributed by atoms with Gasteiger partial charge in [0.05, 0.1) is 16.8 Å². The molecule has 1 aromatic rings. The van der Waals surface area contributed by atoms with Gasteiger partial charge in [0.1, 0.15) is 0 Å². The van der Waals surface area contributed by atoms with Gasteiger partial charge in [-0.2, -0.15) is 0 Å². The Morgan fingerprint density at radius 1 is 1.39 bits per heavy atom. The minimum absolute atomic E-state index is 0.438. The van der Waals surface area contributed by atoms with E-state index >= 15 is 0 Å². The van der Waals surface area contributed by atoms with Crippen LogP contribution in [0, 0.1) is 13.8 Å². The largest absolute Gasteiger partial charge is 0.377 e. The molecule has 0 aliphatic carbocycles. The maximum absolute atomic E-state index is 5.83. The van der Waals surface area contributed by atoms with Crippen molar-refractivity contribution >= 4 is 11.3 Å². The van der Waals surface area contributed by atoms with Crippen LogP contribution in [-0.2, 0) is 11.3 Å². The molecule has 0 saturated carbocycles. The van der Waals surface area contributed by atoms with Crippen LogP contribution in [0.1, 0.15) is 41.8 Å². The molecule has 1 saturated heterocycles. The van der Waals surface area contributed by atoms with E-state index in [1.807, 2.05) is 11.3 Å². The van der Waals surface area contributed by atoms with E-state index in [0.717, 1.165) is 26.2 Å². The van der Waals surface area contributed by atoms with Crippen molar-refractivity contribution < 1.29 is 4.74 Å². The van der Waals surface area contributed by atoms with Gasteiger partial charge < -0.3 is 4.74 Å². The lowest BCUT2D eigenvalue weighted by molar-refractivity contribution is -0.00612. The van der Waals surface area contributed by atoms with E-state index in [9.17, 15) is 0 Å². The quantitative estimate of drug-likeness (QED) is 0.820. The van der Waals surface area contributed by atoms with Crippen LogP contribution in [0.25, 0.3) is 0 Å². The number of likely N-dealkylation sites (N-methyl/N-ethyl adjacent to an activating group) is 1. The Bertz CT molecular complexity index is 372. The lowest BCUT2D eigenvalue weighted by atomic mass is 10.1. The van der Waals surface area contributed by atoms with Gasteiger partial charge in [-0.25, -0.2) is 4.98 Å². The fraction of sp³-hybridized carbons (Fsp3) is 0.786. The van der Waals surface area contributed by atoms with E-state index in [0.29, 0.717) is 6.10 Å². The predicted molar refractivity (Wildman–Crippen MR) is 76.1 cm³/mol. The van der Waals surface area contributed by atoms with Crippen molar-refractivity contribution in [2.75, 3.05) is 19.7 Å². The number of aryl methyl sites for hydroxylation is 2. The molecule has 0 bridgehead atoms. The van der Waals surface area contributed by atoms with Crippen LogP contribution in [0.5, 0.6) is 0 Å². The minimum Gasteiger partial charge on any atom is -0.377 e. The summed E-state index contributed by atoms with van der Waals surface area (Å²) in [6.45, 7) is 10.5.